The molecule has 0 radical (unpaired) electrons. The van der Waals surface area contributed by atoms with Crippen molar-refractivity contribution in [1.82, 2.24) is 14.9 Å². The van der Waals surface area contributed by atoms with Gasteiger partial charge in [-0.25, -0.2) is 13.4 Å². The average molecular weight is 622 g/mol. The first-order valence-electron chi connectivity index (χ1n) is 15.5. The maximum Gasteiger partial charge on any atom is 0.351 e. The van der Waals surface area contributed by atoms with Gasteiger partial charge in [-0.05, 0) is 114 Å². The van der Waals surface area contributed by atoms with Gasteiger partial charge in [0.25, 0.3) is 0 Å². The standard InChI is InChI=1S/C33H44N6O4S/c1-21(2)43-29-20-26(24-12-16-39(17-13-24)15-8-18-40)23(5)19-28(29)36-33-37-31-25(11-14-34-31)32(38-33)35-27-9-6-7-10-30(27)44(41,42)22(3)4/h6-7,9-11,14,19-22,24,40H,8,12-13,15-18H2,1-5H3,(H3,34,35,36,37,38)/p+1. The second kappa shape index (κ2) is 13.5. The molecule has 0 unspecified atom stereocenters. The van der Waals surface area contributed by atoms with Crippen LogP contribution in [0.2, 0.25) is 0 Å². The Balaban J connectivity index is 1.46. The number of nitrogens with zero attached hydrogens (tertiary/aromatic N) is 2. The third kappa shape index (κ3) is 7.00. The number of aliphatic hydroxyl groups excluding tert-OH is 1. The summed E-state index contributed by atoms with van der Waals surface area (Å²) in [6, 6.07) is 13.1. The minimum absolute atomic E-state index is 0.0223. The van der Waals surface area contributed by atoms with Gasteiger partial charge >= 0.3 is 5.95 Å². The van der Waals surface area contributed by atoms with Gasteiger partial charge < -0.3 is 20.1 Å². The number of piperidine rings is 1. The quantitative estimate of drug-likeness (QED) is 0.158. The molecule has 5 N–H and O–H groups in total. The molecule has 11 heteroatoms. The molecule has 1 aliphatic heterocycles. The van der Waals surface area contributed by atoms with Crippen molar-refractivity contribution in [1.29, 1.82) is 0 Å². The van der Waals surface area contributed by atoms with Gasteiger partial charge in [0.15, 0.2) is 15.6 Å². The van der Waals surface area contributed by atoms with Crippen LogP contribution in [-0.2, 0) is 9.84 Å². The van der Waals surface area contributed by atoms with Crippen molar-refractivity contribution in [3.8, 4) is 5.75 Å². The summed E-state index contributed by atoms with van der Waals surface area (Å²) in [7, 11) is -3.52. The Bertz CT molecular complexity index is 1690. The monoisotopic (exact) mass is 621 g/mol. The van der Waals surface area contributed by atoms with Crippen LogP contribution in [0, 0.1) is 6.92 Å². The number of rotatable bonds is 12. The van der Waals surface area contributed by atoms with Crippen LogP contribution in [0.25, 0.3) is 11.0 Å². The predicted octanol–water partition coefficient (Wildman–Crippen LogP) is 5.70. The summed E-state index contributed by atoms with van der Waals surface area (Å²) in [5.41, 5.74) is 4.49. The van der Waals surface area contributed by atoms with Gasteiger partial charge in [-0.2, -0.15) is 0 Å². The number of aromatic amines is 2. The molecule has 0 amide bonds. The summed E-state index contributed by atoms with van der Waals surface area (Å²) in [5.74, 6) is 2.20. The van der Waals surface area contributed by atoms with Crippen LogP contribution in [0.4, 0.5) is 23.1 Å². The lowest BCUT2D eigenvalue weighted by Gasteiger charge is -2.33. The first-order valence-corrected chi connectivity index (χ1v) is 17.0. The number of para-hydroxylation sites is 1. The molecule has 1 aliphatic rings. The lowest BCUT2D eigenvalue weighted by molar-refractivity contribution is -0.333. The van der Waals surface area contributed by atoms with Crippen molar-refractivity contribution >= 4 is 44.0 Å². The van der Waals surface area contributed by atoms with Gasteiger partial charge in [-0.3, -0.25) is 10.3 Å². The Kier molecular flexibility index (Phi) is 9.77. The van der Waals surface area contributed by atoms with Gasteiger partial charge in [0.1, 0.15) is 5.69 Å². The number of aliphatic hydroxyl groups is 1. The number of hydrogen-bond acceptors (Lipinski definition) is 8. The largest absolute Gasteiger partial charge is 0.488 e. The maximum absolute atomic E-state index is 13.1. The molecule has 236 valence electrons. The van der Waals surface area contributed by atoms with Crippen molar-refractivity contribution in [2.75, 3.05) is 36.9 Å². The van der Waals surface area contributed by atoms with Crippen molar-refractivity contribution in [3.63, 3.8) is 0 Å². The van der Waals surface area contributed by atoms with Crippen molar-refractivity contribution in [2.24, 2.45) is 0 Å². The molecule has 5 rings (SSSR count). The SMILES string of the molecule is Cc1cc(Nc2nc(Nc3ccccc3S(=O)(=O)C(C)C)c3cc[nH]c3[nH+]2)c(OC(C)C)cc1C1CCN(CCCO)CC1. The fourth-order valence-corrected chi connectivity index (χ4v) is 7.03. The van der Waals surface area contributed by atoms with E-state index in [4.69, 9.17) is 9.72 Å². The number of likely N-dealkylation sites (tertiary alicyclic amines) is 1. The summed E-state index contributed by atoms with van der Waals surface area (Å²) in [4.78, 5) is 14.1. The summed E-state index contributed by atoms with van der Waals surface area (Å²) in [6.07, 6.45) is 4.75. The van der Waals surface area contributed by atoms with Crippen LogP contribution in [0.1, 0.15) is 64.0 Å². The molecule has 0 atom stereocenters. The highest BCUT2D eigenvalue weighted by atomic mass is 32.2. The fourth-order valence-electron chi connectivity index (χ4n) is 5.82. The highest BCUT2D eigenvalue weighted by Crippen LogP contribution is 2.38. The Morgan fingerprint density at radius 2 is 1.84 bits per heavy atom. The molecule has 1 fully saturated rings. The maximum atomic E-state index is 13.1. The third-order valence-electron chi connectivity index (χ3n) is 8.18. The number of fused-ring (bicyclic) bond motifs is 1. The van der Waals surface area contributed by atoms with E-state index >= 15 is 0 Å². The number of benzene rings is 2. The van der Waals surface area contributed by atoms with E-state index in [-0.39, 0.29) is 17.6 Å². The average Bonchev–Trinajstić information content (AvgIpc) is 3.47. The Labute approximate surface area is 260 Å². The van der Waals surface area contributed by atoms with E-state index in [1.807, 2.05) is 32.2 Å². The molecule has 44 heavy (non-hydrogen) atoms. The van der Waals surface area contributed by atoms with Crippen LogP contribution in [-0.4, -0.2) is 66.0 Å². The second-order valence-corrected chi connectivity index (χ2v) is 14.6. The molecule has 1 saturated heterocycles. The number of sulfone groups is 1. The summed E-state index contributed by atoms with van der Waals surface area (Å²) in [6.45, 7) is 12.8. The Morgan fingerprint density at radius 1 is 1.09 bits per heavy atom. The number of aryl methyl sites for hydroxylation is 1. The number of nitrogens with one attached hydrogen (secondary N) is 4. The van der Waals surface area contributed by atoms with Gasteiger partial charge in [0, 0.05) is 19.3 Å². The first kappa shape index (κ1) is 31.7. The summed E-state index contributed by atoms with van der Waals surface area (Å²) >= 11 is 0. The highest BCUT2D eigenvalue weighted by Gasteiger charge is 2.26. The minimum atomic E-state index is -3.52. The number of H-pyrrole nitrogens is 2. The highest BCUT2D eigenvalue weighted by molar-refractivity contribution is 7.92. The lowest BCUT2D eigenvalue weighted by Crippen LogP contribution is -2.34. The number of ether oxygens (including phenoxy) is 1. The second-order valence-electron chi connectivity index (χ2n) is 12.1. The smallest absolute Gasteiger partial charge is 0.351 e. The van der Waals surface area contributed by atoms with Gasteiger partial charge in [-0.1, -0.05) is 17.1 Å². The molecule has 10 nitrogen and oxygen atoms in total. The first-order chi connectivity index (χ1) is 21.1. The number of hydrogen-bond donors (Lipinski definition) is 4. The third-order valence-corrected chi connectivity index (χ3v) is 10.4. The van der Waals surface area contributed by atoms with E-state index < -0.39 is 15.1 Å². The zero-order chi connectivity index (χ0) is 31.4. The zero-order valence-electron chi connectivity index (χ0n) is 26.3. The van der Waals surface area contributed by atoms with Crippen LogP contribution in [0.5, 0.6) is 5.75 Å². The van der Waals surface area contributed by atoms with E-state index in [2.05, 4.69) is 44.6 Å². The van der Waals surface area contributed by atoms with Crippen LogP contribution in [0.3, 0.4) is 0 Å². The molecule has 0 aliphatic carbocycles. The van der Waals surface area contributed by atoms with E-state index in [1.54, 1.807) is 32.0 Å². The van der Waals surface area contributed by atoms with Gasteiger partial charge in [0.2, 0.25) is 11.5 Å². The summed E-state index contributed by atoms with van der Waals surface area (Å²) in [5, 5.41) is 16.2. The van der Waals surface area contributed by atoms with Crippen LogP contribution in [0.15, 0.2) is 53.6 Å². The van der Waals surface area contributed by atoms with E-state index in [0.717, 1.165) is 61.4 Å². The van der Waals surface area contributed by atoms with Gasteiger partial charge in [-0.15, -0.1) is 0 Å². The molecule has 0 saturated carbocycles. The zero-order valence-corrected chi connectivity index (χ0v) is 27.1. The molecule has 3 heterocycles. The van der Waals surface area contributed by atoms with E-state index in [9.17, 15) is 13.5 Å². The normalized spacial score (nSPS) is 14.9. The lowest BCUT2D eigenvalue weighted by atomic mass is 9.86. The van der Waals surface area contributed by atoms with E-state index in [1.165, 1.54) is 11.1 Å². The molecule has 0 bridgehead atoms. The van der Waals surface area contributed by atoms with Gasteiger partial charge in [0.05, 0.1) is 27.3 Å². The Morgan fingerprint density at radius 3 is 2.55 bits per heavy atom. The fraction of sp³-hybridized carbons (Fsp3) is 0.455. The molecular formula is C33H45N6O4S+. The molecule has 0 spiro atoms. The van der Waals surface area contributed by atoms with Crippen LogP contribution < -0.4 is 20.4 Å². The topological polar surface area (TPSA) is 134 Å². The van der Waals surface area contributed by atoms with Crippen LogP contribution >= 0.6 is 0 Å². The number of aromatic nitrogens is 3. The molecule has 2 aromatic carbocycles. The molecular weight excluding hydrogens is 576 g/mol. The molecule has 4 aromatic rings. The van der Waals surface area contributed by atoms with E-state index in [0.29, 0.717) is 23.4 Å². The van der Waals surface area contributed by atoms with Crippen molar-refractivity contribution in [3.05, 3.63) is 59.8 Å². The summed E-state index contributed by atoms with van der Waals surface area (Å²) < 4.78 is 32.5. The molecule has 2 aromatic heterocycles. The van der Waals surface area contributed by atoms with Crippen molar-refractivity contribution < 1.29 is 23.2 Å². The predicted molar refractivity (Wildman–Crippen MR) is 175 cm³/mol. The number of anilines is 4. The Hall–Kier alpha value is -3.67. The minimum Gasteiger partial charge on any atom is -0.488 e. The van der Waals surface area contributed by atoms with Crippen molar-refractivity contribution in [2.45, 2.75) is 76.0 Å².